The van der Waals surface area contributed by atoms with Crippen molar-refractivity contribution in [3.63, 3.8) is 0 Å². The van der Waals surface area contributed by atoms with Gasteiger partial charge in [-0.3, -0.25) is 14.6 Å². The Kier molecular flexibility index (Phi) is 9.71. The maximum atomic E-state index is 12.7. The molecule has 0 aliphatic heterocycles. The van der Waals surface area contributed by atoms with Gasteiger partial charge in [0.1, 0.15) is 0 Å². The number of esters is 2. The summed E-state index contributed by atoms with van der Waals surface area (Å²) in [7, 11) is 4.97. The summed E-state index contributed by atoms with van der Waals surface area (Å²) in [4.78, 5) is 50.5. The van der Waals surface area contributed by atoms with Crippen LogP contribution >= 0.6 is 0 Å². The molecule has 0 spiro atoms. The fourth-order valence-corrected chi connectivity index (χ4v) is 3.76. The number of carbonyl (C=O) groups excluding carboxylic acids is 2. The number of aromatic nitrogens is 2. The van der Waals surface area contributed by atoms with E-state index in [2.05, 4.69) is 15.0 Å². The molecule has 0 amide bonds. The highest BCUT2D eigenvalue weighted by molar-refractivity contribution is 5.97. The molecule has 0 fully saturated rings. The third-order valence-electron chi connectivity index (χ3n) is 5.54. The van der Waals surface area contributed by atoms with E-state index in [1.165, 1.54) is 7.11 Å². The highest BCUT2D eigenvalue weighted by Crippen LogP contribution is 2.25. The number of nitrogens with one attached hydrogen (secondary N) is 1. The number of aryl methyl sites for hydroxylation is 1. The number of nitrogens with zero attached hydrogens (tertiary/aromatic N) is 3. The van der Waals surface area contributed by atoms with Crippen LogP contribution in [0, 0.1) is 0 Å². The zero-order valence-corrected chi connectivity index (χ0v) is 21.6. The van der Waals surface area contributed by atoms with Crippen molar-refractivity contribution in [2.24, 2.45) is 4.99 Å². The molecule has 0 aliphatic carbocycles. The van der Waals surface area contributed by atoms with Gasteiger partial charge in [-0.05, 0) is 29.2 Å². The maximum Gasteiger partial charge on any atom is 0.338 e. The lowest BCUT2D eigenvalue weighted by atomic mass is 9.96. The van der Waals surface area contributed by atoms with Crippen LogP contribution in [0.2, 0.25) is 0 Å². The molecular formula is C28H32N4O5. The average molecular weight is 505 g/mol. The number of hydrogen-bond donors (Lipinski definition) is 1. The van der Waals surface area contributed by atoms with Crippen LogP contribution in [0.1, 0.15) is 40.5 Å². The summed E-state index contributed by atoms with van der Waals surface area (Å²) < 4.78 is 10.4. The Hall–Kier alpha value is -4.27. The zero-order valence-electron chi connectivity index (χ0n) is 21.6. The topological polar surface area (TPSA) is 114 Å². The predicted molar refractivity (Wildman–Crippen MR) is 142 cm³/mol. The van der Waals surface area contributed by atoms with E-state index in [9.17, 15) is 14.4 Å². The van der Waals surface area contributed by atoms with Gasteiger partial charge in [-0.2, -0.15) is 0 Å². The van der Waals surface area contributed by atoms with Gasteiger partial charge in [0.05, 0.1) is 43.3 Å². The molecule has 0 saturated carbocycles. The molecule has 1 heterocycles. The normalized spacial score (nSPS) is 10.9. The molecule has 0 bridgehead atoms. The Balaban J connectivity index is 1.69. The van der Waals surface area contributed by atoms with Crippen molar-refractivity contribution in [1.82, 2.24) is 14.9 Å². The number of ether oxygens (including phenoxy) is 2. The number of rotatable bonds is 11. The SMILES string of the molecule is CCCc1nc(/N=C/N(C)C)[nH]c(=O)c1CC(=O)OCCc1ccc(-c2ccccc2)c(C(=O)OC)c1. The third-order valence-corrected chi connectivity index (χ3v) is 5.54. The fourth-order valence-electron chi connectivity index (χ4n) is 3.76. The lowest BCUT2D eigenvalue weighted by molar-refractivity contribution is -0.142. The minimum absolute atomic E-state index is 0.101. The average Bonchev–Trinajstić information content (AvgIpc) is 2.89. The molecule has 9 nitrogen and oxygen atoms in total. The maximum absolute atomic E-state index is 12.7. The van der Waals surface area contributed by atoms with Crippen molar-refractivity contribution in [1.29, 1.82) is 0 Å². The van der Waals surface area contributed by atoms with Crippen LogP contribution in [-0.4, -0.2) is 61.0 Å². The predicted octanol–water partition coefficient (Wildman–Crippen LogP) is 3.73. The molecule has 0 atom stereocenters. The van der Waals surface area contributed by atoms with Crippen LogP contribution in [0.5, 0.6) is 0 Å². The number of aromatic amines is 1. The lowest BCUT2D eigenvalue weighted by Crippen LogP contribution is -2.22. The first-order valence-corrected chi connectivity index (χ1v) is 12.1. The van der Waals surface area contributed by atoms with E-state index in [1.807, 2.05) is 63.5 Å². The van der Waals surface area contributed by atoms with Crippen molar-refractivity contribution < 1.29 is 19.1 Å². The van der Waals surface area contributed by atoms with Gasteiger partial charge in [-0.25, -0.2) is 14.8 Å². The van der Waals surface area contributed by atoms with Crippen LogP contribution in [-0.2, 0) is 33.5 Å². The first kappa shape index (κ1) is 27.3. The van der Waals surface area contributed by atoms with Gasteiger partial charge in [0.2, 0.25) is 5.95 Å². The van der Waals surface area contributed by atoms with E-state index >= 15 is 0 Å². The molecule has 2 aromatic carbocycles. The fraction of sp³-hybridized carbons (Fsp3) is 0.321. The van der Waals surface area contributed by atoms with Gasteiger partial charge in [0.15, 0.2) is 0 Å². The Morgan fingerprint density at radius 1 is 1.11 bits per heavy atom. The molecule has 0 radical (unpaired) electrons. The summed E-state index contributed by atoms with van der Waals surface area (Å²) in [5, 5.41) is 0. The Bertz CT molecular complexity index is 1320. The van der Waals surface area contributed by atoms with Crippen molar-refractivity contribution in [3.8, 4) is 11.1 Å². The second-order valence-corrected chi connectivity index (χ2v) is 8.66. The van der Waals surface area contributed by atoms with Crippen molar-refractivity contribution in [2.45, 2.75) is 32.6 Å². The molecule has 1 aromatic heterocycles. The highest BCUT2D eigenvalue weighted by atomic mass is 16.5. The minimum Gasteiger partial charge on any atom is -0.465 e. The van der Waals surface area contributed by atoms with Crippen LogP contribution in [0.3, 0.4) is 0 Å². The summed E-state index contributed by atoms with van der Waals surface area (Å²) in [6.07, 6.45) is 3.06. The number of methoxy groups -OCH3 is 1. The summed E-state index contributed by atoms with van der Waals surface area (Å²) in [6, 6.07) is 15.1. The van der Waals surface area contributed by atoms with E-state index in [4.69, 9.17) is 9.47 Å². The van der Waals surface area contributed by atoms with Gasteiger partial charge in [-0.1, -0.05) is 55.8 Å². The van der Waals surface area contributed by atoms with Crippen LogP contribution < -0.4 is 5.56 Å². The third kappa shape index (κ3) is 7.60. The van der Waals surface area contributed by atoms with Gasteiger partial charge in [-0.15, -0.1) is 0 Å². The zero-order chi connectivity index (χ0) is 26.8. The summed E-state index contributed by atoms with van der Waals surface area (Å²) in [5.41, 5.74) is 3.35. The van der Waals surface area contributed by atoms with Gasteiger partial charge in [0.25, 0.3) is 5.56 Å². The number of hydrogen-bond acceptors (Lipinski definition) is 7. The summed E-state index contributed by atoms with van der Waals surface area (Å²) in [6.45, 7) is 2.07. The smallest absolute Gasteiger partial charge is 0.338 e. The number of carbonyl (C=O) groups is 2. The van der Waals surface area contributed by atoms with E-state index in [-0.39, 0.29) is 24.5 Å². The number of benzene rings is 2. The Morgan fingerprint density at radius 3 is 2.54 bits per heavy atom. The van der Waals surface area contributed by atoms with Crippen LogP contribution in [0.15, 0.2) is 58.3 Å². The lowest BCUT2D eigenvalue weighted by Gasteiger charge is -2.12. The van der Waals surface area contributed by atoms with E-state index < -0.39 is 17.5 Å². The van der Waals surface area contributed by atoms with Crippen molar-refractivity contribution in [2.75, 3.05) is 27.8 Å². The van der Waals surface area contributed by atoms with Crippen LogP contribution in [0.25, 0.3) is 11.1 Å². The second kappa shape index (κ2) is 13.2. The van der Waals surface area contributed by atoms with Crippen LogP contribution in [0.4, 0.5) is 5.95 Å². The summed E-state index contributed by atoms with van der Waals surface area (Å²) in [5.74, 6) is -0.769. The Labute approximate surface area is 216 Å². The Morgan fingerprint density at radius 2 is 1.86 bits per heavy atom. The van der Waals surface area contributed by atoms with E-state index in [0.717, 1.165) is 23.1 Å². The minimum atomic E-state index is -0.525. The highest BCUT2D eigenvalue weighted by Gasteiger charge is 2.17. The van der Waals surface area contributed by atoms with Crippen molar-refractivity contribution in [3.05, 3.63) is 81.3 Å². The van der Waals surface area contributed by atoms with Gasteiger partial charge in [0, 0.05) is 20.5 Å². The van der Waals surface area contributed by atoms with Gasteiger partial charge < -0.3 is 14.4 Å². The molecular weight excluding hydrogens is 472 g/mol. The largest absolute Gasteiger partial charge is 0.465 e. The quantitative estimate of drug-likeness (QED) is 0.240. The van der Waals surface area contributed by atoms with E-state index in [1.54, 1.807) is 17.3 Å². The standard InChI is InChI=1S/C28H32N4O5/c1-5-9-24-23(26(34)31-28(30-24)29-18-32(2)3)17-25(33)37-15-14-19-12-13-21(20-10-7-6-8-11-20)22(16-19)27(35)36-4/h6-8,10-13,16,18H,5,9,14-15,17H2,1-4H3,(H,30,31,34)/b29-18+. The van der Waals surface area contributed by atoms with E-state index in [0.29, 0.717) is 24.1 Å². The second-order valence-electron chi connectivity index (χ2n) is 8.66. The monoisotopic (exact) mass is 504 g/mol. The molecule has 1 N–H and O–H groups in total. The molecule has 194 valence electrons. The molecule has 3 aromatic rings. The molecule has 9 heteroatoms. The molecule has 37 heavy (non-hydrogen) atoms. The first-order chi connectivity index (χ1) is 17.8. The molecule has 3 rings (SSSR count). The molecule has 0 saturated heterocycles. The van der Waals surface area contributed by atoms with Gasteiger partial charge >= 0.3 is 11.9 Å². The first-order valence-electron chi connectivity index (χ1n) is 12.1. The summed E-state index contributed by atoms with van der Waals surface area (Å²) >= 11 is 0. The number of aliphatic imine (C=N–C) groups is 1. The molecule has 0 aliphatic rings. The molecule has 0 unspecified atom stereocenters. The van der Waals surface area contributed by atoms with Crippen molar-refractivity contribution >= 4 is 24.2 Å². The number of H-pyrrole nitrogens is 1.